The van der Waals surface area contributed by atoms with Crippen molar-refractivity contribution in [2.24, 2.45) is 10.9 Å². The number of hydrogen-bond donors (Lipinski definition) is 2. The lowest BCUT2D eigenvalue weighted by Crippen LogP contribution is -2.12. The van der Waals surface area contributed by atoms with E-state index in [0.717, 1.165) is 27.5 Å². The topological polar surface area (TPSA) is 93.5 Å². The van der Waals surface area contributed by atoms with Gasteiger partial charge in [-0.2, -0.15) is 5.10 Å². The number of benzene rings is 2. The second kappa shape index (κ2) is 9.73. The van der Waals surface area contributed by atoms with Crippen LogP contribution in [-0.2, 0) is 0 Å². The van der Waals surface area contributed by atoms with Gasteiger partial charge in [0.15, 0.2) is 0 Å². The molecule has 3 N–H and O–H groups in total. The maximum absolute atomic E-state index is 12.7. The van der Waals surface area contributed by atoms with E-state index in [1.54, 1.807) is 43.3 Å². The van der Waals surface area contributed by atoms with Crippen LogP contribution >= 0.6 is 24.8 Å². The molecular weight excluding hydrogens is 411 g/mol. The Morgan fingerprint density at radius 3 is 2.69 bits per heavy atom. The molecule has 0 aliphatic heterocycles. The Bertz CT molecular complexity index is 1130. The molecule has 0 aliphatic carbocycles. The Labute approximate surface area is 179 Å². The van der Waals surface area contributed by atoms with E-state index in [9.17, 15) is 4.79 Å². The summed E-state index contributed by atoms with van der Waals surface area (Å²) in [4.78, 5) is 16.8. The highest BCUT2D eigenvalue weighted by Crippen LogP contribution is 2.31. The Kier molecular flexibility index (Phi) is 7.36. The maximum Gasteiger partial charge on any atom is 0.255 e. The number of nitrogens with one attached hydrogen (secondary N) is 1. The average molecular weight is 429 g/mol. The molecule has 8 heteroatoms. The summed E-state index contributed by atoms with van der Waals surface area (Å²) >= 11 is 0. The fourth-order valence-corrected chi connectivity index (χ4v) is 2.97. The molecule has 0 bridgehead atoms. The van der Waals surface area contributed by atoms with E-state index in [2.05, 4.69) is 15.4 Å². The van der Waals surface area contributed by atoms with Gasteiger partial charge in [-0.25, -0.2) is 0 Å². The lowest BCUT2D eigenvalue weighted by Gasteiger charge is -2.11. The third-order valence-electron chi connectivity index (χ3n) is 4.22. The molecule has 4 aromatic rings. The summed E-state index contributed by atoms with van der Waals surface area (Å²) in [7, 11) is 0. The number of carbonyl (C=O) groups excluding carboxylic acids is 1. The van der Waals surface area contributed by atoms with E-state index >= 15 is 0 Å². The van der Waals surface area contributed by atoms with Crippen LogP contribution in [0.5, 0.6) is 0 Å². The van der Waals surface area contributed by atoms with Crippen molar-refractivity contribution in [2.45, 2.75) is 0 Å². The number of amides is 1. The number of rotatable bonds is 4. The van der Waals surface area contributed by atoms with Gasteiger partial charge in [0.25, 0.3) is 5.91 Å². The number of hydrazone groups is 1. The number of nitrogens with two attached hydrogens (primary N) is 1. The Morgan fingerprint density at radius 1 is 1.14 bits per heavy atom. The molecule has 148 valence electrons. The standard InChI is InChI=1S/C21H16N4O2.2ClH/c22-24-11-14-3-4-15-9-17(21(26)25-18-2-1-6-23-12-18)10-20(19(15)8-14)16-5-7-27-13-16;;/h1-13H,22H2,(H,25,26);2*1H. The lowest BCUT2D eigenvalue weighted by atomic mass is 9.95. The van der Waals surface area contributed by atoms with Gasteiger partial charge in [0.1, 0.15) is 0 Å². The first kappa shape index (κ1) is 21.9. The minimum Gasteiger partial charge on any atom is -0.472 e. The van der Waals surface area contributed by atoms with Gasteiger partial charge in [0.05, 0.1) is 30.6 Å². The summed E-state index contributed by atoms with van der Waals surface area (Å²) in [5.74, 6) is 5.06. The van der Waals surface area contributed by atoms with Crippen molar-refractivity contribution in [2.75, 3.05) is 5.32 Å². The summed E-state index contributed by atoms with van der Waals surface area (Å²) in [5.41, 5.74) is 3.84. The predicted octanol–water partition coefficient (Wildman–Crippen LogP) is 4.88. The Morgan fingerprint density at radius 2 is 2.00 bits per heavy atom. The first-order valence-corrected chi connectivity index (χ1v) is 8.29. The highest BCUT2D eigenvalue weighted by Gasteiger charge is 2.13. The summed E-state index contributed by atoms with van der Waals surface area (Å²) in [6.45, 7) is 0. The number of hydrogen-bond acceptors (Lipinski definition) is 5. The zero-order chi connectivity index (χ0) is 18.6. The van der Waals surface area contributed by atoms with Gasteiger partial charge in [0, 0.05) is 17.3 Å². The van der Waals surface area contributed by atoms with Gasteiger partial charge in [-0.15, -0.1) is 24.8 Å². The van der Waals surface area contributed by atoms with Crippen LogP contribution < -0.4 is 11.2 Å². The first-order chi connectivity index (χ1) is 13.2. The zero-order valence-electron chi connectivity index (χ0n) is 15.1. The van der Waals surface area contributed by atoms with Crippen molar-refractivity contribution in [1.82, 2.24) is 4.98 Å². The van der Waals surface area contributed by atoms with Crippen LogP contribution in [0.4, 0.5) is 5.69 Å². The van der Waals surface area contributed by atoms with Crippen LogP contribution in [0.15, 0.2) is 83.0 Å². The van der Waals surface area contributed by atoms with Crippen LogP contribution in [0.3, 0.4) is 0 Å². The largest absolute Gasteiger partial charge is 0.472 e. The van der Waals surface area contributed by atoms with E-state index < -0.39 is 0 Å². The zero-order valence-corrected chi connectivity index (χ0v) is 16.7. The molecule has 2 heterocycles. The Hall–Kier alpha value is -3.35. The van der Waals surface area contributed by atoms with Crippen LogP contribution in [-0.4, -0.2) is 17.1 Å². The van der Waals surface area contributed by atoms with Crippen LogP contribution in [0.1, 0.15) is 15.9 Å². The van der Waals surface area contributed by atoms with Crippen LogP contribution in [0.2, 0.25) is 0 Å². The molecule has 29 heavy (non-hydrogen) atoms. The fourth-order valence-electron chi connectivity index (χ4n) is 2.97. The molecule has 4 rings (SSSR count). The van der Waals surface area contributed by atoms with Crippen molar-refractivity contribution >= 4 is 53.4 Å². The van der Waals surface area contributed by atoms with E-state index in [1.807, 2.05) is 36.4 Å². The summed E-state index contributed by atoms with van der Waals surface area (Å²) < 4.78 is 5.24. The average Bonchev–Trinajstić information content (AvgIpc) is 3.23. The second-order valence-corrected chi connectivity index (χ2v) is 5.99. The van der Waals surface area contributed by atoms with Gasteiger partial charge in [-0.05, 0) is 58.3 Å². The molecule has 1 amide bonds. The van der Waals surface area contributed by atoms with Crippen LogP contribution in [0, 0.1) is 0 Å². The second-order valence-electron chi connectivity index (χ2n) is 5.99. The molecule has 0 saturated heterocycles. The van der Waals surface area contributed by atoms with E-state index in [0.29, 0.717) is 11.3 Å². The molecule has 2 aromatic carbocycles. The molecule has 0 radical (unpaired) electrons. The predicted molar refractivity (Wildman–Crippen MR) is 120 cm³/mol. The van der Waals surface area contributed by atoms with Gasteiger partial charge >= 0.3 is 0 Å². The van der Waals surface area contributed by atoms with Crippen molar-refractivity contribution < 1.29 is 9.21 Å². The molecular formula is C21H18Cl2N4O2. The summed E-state index contributed by atoms with van der Waals surface area (Å²) in [6, 6.07) is 15.0. The van der Waals surface area contributed by atoms with E-state index in [1.165, 1.54) is 0 Å². The van der Waals surface area contributed by atoms with Gasteiger partial charge in [0.2, 0.25) is 0 Å². The molecule has 0 atom stereocenters. The summed E-state index contributed by atoms with van der Waals surface area (Å²) in [5, 5.41) is 8.36. The minimum absolute atomic E-state index is 0. The van der Waals surface area contributed by atoms with Crippen LogP contribution in [0.25, 0.3) is 21.9 Å². The smallest absolute Gasteiger partial charge is 0.255 e. The minimum atomic E-state index is -0.206. The molecule has 0 unspecified atom stereocenters. The lowest BCUT2D eigenvalue weighted by molar-refractivity contribution is 0.102. The SMILES string of the molecule is Cl.Cl.NN=Cc1ccc2cc(C(=O)Nc3cccnc3)cc(-c3ccoc3)c2c1. The molecule has 6 nitrogen and oxygen atoms in total. The maximum atomic E-state index is 12.7. The first-order valence-electron chi connectivity index (χ1n) is 8.29. The Balaban J connectivity index is 0.00000150. The number of fused-ring (bicyclic) bond motifs is 1. The summed E-state index contributed by atoms with van der Waals surface area (Å²) in [6.07, 6.45) is 8.11. The van der Waals surface area contributed by atoms with Crippen molar-refractivity contribution in [1.29, 1.82) is 0 Å². The number of aromatic nitrogens is 1. The van der Waals surface area contributed by atoms with Gasteiger partial charge in [-0.1, -0.05) is 12.1 Å². The number of anilines is 1. The molecule has 0 fully saturated rings. The third-order valence-corrected chi connectivity index (χ3v) is 4.22. The van der Waals surface area contributed by atoms with E-state index in [4.69, 9.17) is 10.3 Å². The van der Waals surface area contributed by atoms with Crippen molar-refractivity contribution in [3.63, 3.8) is 0 Å². The molecule has 0 saturated carbocycles. The number of carbonyl (C=O) groups is 1. The molecule has 0 spiro atoms. The van der Waals surface area contributed by atoms with Gasteiger partial charge in [-0.3, -0.25) is 9.78 Å². The fraction of sp³-hybridized carbons (Fsp3) is 0. The number of nitrogens with zero attached hydrogens (tertiary/aromatic N) is 2. The monoisotopic (exact) mass is 428 g/mol. The highest BCUT2D eigenvalue weighted by molar-refractivity contribution is 6.10. The number of halogens is 2. The quantitative estimate of drug-likeness (QED) is 0.275. The van der Waals surface area contributed by atoms with Gasteiger partial charge < -0.3 is 15.6 Å². The number of pyridine rings is 1. The third kappa shape index (κ3) is 4.74. The molecule has 0 aliphatic rings. The van der Waals surface area contributed by atoms with Crippen molar-refractivity contribution in [3.8, 4) is 11.1 Å². The van der Waals surface area contributed by atoms with Crippen molar-refractivity contribution in [3.05, 3.63) is 84.6 Å². The number of furan rings is 1. The normalized spacial score (nSPS) is 10.3. The highest BCUT2D eigenvalue weighted by atomic mass is 35.5. The van der Waals surface area contributed by atoms with E-state index in [-0.39, 0.29) is 30.7 Å². The molecule has 2 aromatic heterocycles.